The molecule has 6 rings (SSSR count). The molecule has 0 amide bonds. The lowest BCUT2D eigenvalue weighted by molar-refractivity contribution is 0.00691. The maximum atomic E-state index is 12.7. The van der Waals surface area contributed by atoms with Crippen molar-refractivity contribution in [1.29, 1.82) is 0 Å². The molecule has 1 unspecified atom stereocenters. The Labute approximate surface area is 297 Å². The molecule has 5 heterocycles. The molecule has 0 aliphatic carbocycles. The number of nitrogens with zero attached hydrogens (tertiary/aromatic N) is 3. The second-order valence-electron chi connectivity index (χ2n) is 16.1. The lowest BCUT2D eigenvalue weighted by atomic mass is 10.0. The SMILES string of the molecule is CC(C)(C)[Si](C)(C)O[C@@H]1CO[C@H]2[C@@H]1OC[C@H]2Oc1nc2nc(-c3ccc(C4CC=CCS4(=O)=O)cc3)c(Cl)cc2n1COCC[Si](C)(C)C. The highest BCUT2D eigenvalue weighted by Crippen LogP contribution is 2.41. The first-order valence-corrected chi connectivity index (χ1v) is 25.8. The monoisotopic (exact) mass is 747 g/mol. The summed E-state index contributed by atoms with van der Waals surface area (Å²) in [5, 5.41) is -0.0362. The van der Waals surface area contributed by atoms with Crippen LogP contribution in [-0.2, 0) is 35.2 Å². The van der Waals surface area contributed by atoms with E-state index in [4.69, 9.17) is 44.9 Å². The van der Waals surface area contributed by atoms with Gasteiger partial charge in [-0.1, -0.05) is 88.4 Å². The molecule has 2 aromatic heterocycles. The van der Waals surface area contributed by atoms with Crippen LogP contribution in [0.5, 0.6) is 6.01 Å². The van der Waals surface area contributed by atoms with Crippen molar-refractivity contribution in [1.82, 2.24) is 14.5 Å². The molecule has 0 N–H and O–H groups in total. The number of aromatic nitrogens is 3. The van der Waals surface area contributed by atoms with Gasteiger partial charge in [-0.2, -0.15) is 4.98 Å². The predicted octanol–water partition coefficient (Wildman–Crippen LogP) is 7.42. The molecule has 14 heteroatoms. The number of ether oxygens (including phenoxy) is 4. The van der Waals surface area contributed by atoms with Crippen LogP contribution in [-0.4, -0.2) is 89.3 Å². The summed E-state index contributed by atoms with van der Waals surface area (Å²) in [6.07, 6.45) is 3.08. The molecule has 0 bridgehead atoms. The number of benzene rings is 1. The van der Waals surface area contributed by atoms with Gasteiger partial charge in [0.2, 0.25) is 0 Å². The summed E-state index contributed by atoms with van der Waals surface area (Å²) >= 11 is 6.88. The number of fused-ring (bicyclic) bond motifs is 2. The van der Waals surface area contributed by atoms with Crippen molar-refractivity contribution in [2.45, 2.75) is 107 Å². The number of hydrogen-bond donors (Lipinski definition) is 0. The molecule has 0 radical (unpaired) electrons. The fraction of sp³-hybridized carbons (Fsp3) is 0.600. The summed E-state index contributed by atoms with van der Waals surface area (Å²) in [7, 11) is -6.56. The van der Waals surface area contributed by atoms with Gasteiger partial charge in [0.05, 0.1) is 46.6 Å². The zero-order valence-electron chi connectivity index (χ0n) is 29.9. The Balaban J connectivity index is 1.26. The average molecular weight is 748 g/mol. The van der Waals surface area contributed by atoms with Gasteiger partial charge in [0.1, 0.15) is 18.9 Å². The van der Waals surface area contributed by atoms with Crippen LogP contribution in [0.1, 0.15) is 38.0 Å². The molecule has 0 saturated carbocycles. The molecule has 3 aliphatic rings. The summed E-state index contributed by atoms with van der Waals surface area (Å²) in [6.45, 7) is 19.8. The molecule has 3 aromatic rings. The number of halogens is 1. The number of imidazole rings is 1. The summed E-state index contributed by atoms with van der Waals surface area (Å²) in [6, 6.07) is 10.7. The largest absolute Gasteiger partial charge is 0.456 e. The third kappa shape index (κ3) is 7.89. The van der Waals surface area contributed by atoms with Crippen LogP contribution in [0.3, 0.4) is 0 Å². The Hall–Kier alpha value is -2.11. The van der Waals surface area contributed by atoms with E-state index >= 15 is 0 Å². The van der Waals surface area contributed by atoms with E-state index in [-0.39, 0.29) is 41.9 Å². The molecule has 2 fully saturated rings. The second kappa shape index (κ2) is 13.8. The van der Waals surface area contributed by atoms with Gasteiger partial charge in [-0.05, 0) is 42.2 Å². The Morgan fingerprint density at radius 2 is 1.65 bits per heavy atom. The van der Waals surface area contributed by atoms with E-state index in [0.717, 1.165) is 17.2 Å². The lowest BCUT2D eigenvalue weighted by Gasteiger charge is -2.39. The minimum absolute atomic E-state index is 0.0597. The number of sulfone groups is 1. The molecule has 49 heavy (non-hydrogen) atoms. The highest BCUT2D eigenvalue weighted by atomic mass is 35.5. The van der Waals surface area contributed by atoms with Gasteiger partial charge >= 0.3 is 6.01 Å². The number of allylic oxidation sites excluding steroid dienone is 1. The summed E-state index contributed by atoms with van der Waals surface area (Å²) < 4.78 is 59.2. The molecule has 1 aromatic carbocycles. The van der Waals surface area contributed by atoms with Crippen LogP contribution in [0, 0.1) is 0 Å². The number of pyridine rings is 1. The van der Waals surface area contributed by atoms with Crippen LogP contribution in [0.2, 0.25) is 48.8 Å². The highest BCUT2D eigenvalue weighted by Gasteiger charge is 2.52. The van der Waals surface area contributed by atoms with Crippen LogP contribution in [0.25, 0.3) is 22.4 Å². The van der Waals surface area contributed by atoms with E-state index in [1.165, 1.54) is 0 Å². The van der Waals surface area contributed by atoms with Gasteiger partial charge in [-0.25, -0.2) is 13.4 Å². The first-order chi connectivity index (χ1) is 22.9. The third-order valence-corrected chi connectivity index (χ3v) is 18.7. The maximum absolute atomic E-state index is 12.7. The molecular formula is C35H50ClN3O7SSi2. The van der Waals surface area contributed by atoms with Crippen LogP contribution in [0.4, 0.5) is 0 Å². The molecular weight excluding hydrogens is 698 g/mol. The molecule has 2 saturated heterocycles. The lowest BCUT2D eigenvalue weighted by Crippen LogP contribution is -2.47. The molecule has 10 nitrogen and oxygen atoms in total. The van der Waals surface area contributed by atoms with Crippen LogP contribution < -0.4 is 4.74 Å². The number of hydrogen-bond acceptors (Lipinski definition) is 9. The first kappa shape index (κ1) is 36.7. The van der Waals surface area contributed by atoms with E-state index in [9.17, 15) is 8.42 Å². The Kier molecular flexibility index (Phi) is 10.3. The first-order valence-electron chi connectivity index (χ1n) is 17.1. The fourth-order valence-electron chi connectivity index (χ4n) is 6.16. The average Bonchev–Trinajstić information content (AvgIpc) is 3.68. The Morgan fingerprint density at radius 1 is 0.980 bits per heavy atom. The minimum Gasteiger partial charge on any atom is -0.456 e. The fourth-order valence-corrected chi connectivity index (χ4v) is 10.1. The van der Waals surface area contributed by atoms with Crippen molar-refractivity contribution in [2.24, 2.45) is 0 Å². The van der Waals surface area contributed by atoms with Crippen LogP contribution >= 0.6 is 11.6 Å². The number of rotatable bonds is 11. The Bertz CT molecular complexity index is 1800. The minimum atomic E-state index is -3.23. The van der Waals surface area contributed by atoms with Crippen LogP contribution in [0.15, 0.2) is 42.5 Å². The van der Waals surface area contributed by atoms with Gasteiger partial charge in [0.15, 0.2) is 29.9 Å². The van der Waals surface area contributed by atoms with E-state index in [0.29, 0.717) is 54.1 Å². The zero-order chi connectivity index (χ0) is 35.4. The van der Waals surface area contributed by atoms with E-state index < -0.39 is 31.5 Å². The smallest absolute Gasteiger partial charge is 0.301 e. The molecule has 268 valence electrons. The molecule has 5 atom stereocenters. The van der Waals surface area contributed by atoms with Crippen molar-refractivity contribution in [3.8, 4) is 17.3 Å². The van der Waals surface area contributed by atoms with E-state index in [1.54, 1.807) is 6.08 Å². The predicted molar refractivity (Wildman–Crippen MR) is 198 cm³/mol. The molecule has 3 aliphatic heterocycles. The van der Waals surface area contributed by atoms with Crippen molar-refractivity contribution >= 4 is 49.0 Å². The highest BCUT2D eigenvalue weighted by molar-refractivity contribution is 7.91. The van der Waals surface area contributed by atoms with Gasteiger partial charge in [-0.3, -0.25) is 4.57 Å². The van der Waals surface area contributed by atoms with Crippen molar-refractivity contribution in [3.05, 3.63) is 53.1 Å². The zero-order valence-corrected chi connectivity index (χ0v) is 33.4. The van der Waals surface area contributed by atoms with Gasteiger partial charge < -0.3 is 23.4 Å². The van der Waals surface area contributed by atoms with E-state index in [2.05, 4.69) is 53.5 Å². The van der Waals surface area contributed by atoms with Gasteiger partial charge in [-0.15, -0.1) is 0 Å². The summed E-state index contributed by atoms with van der Waals surface area (Å²) in [5.41, 5.74) is 3.23. The molecule has 0 spiro atoms. The van der Waals surface area contributed by atoms with E-state index in [1.807, 2.05) is 41.0 Å². The second-order valence-corrected chi connectivity index (χ2v) is 29.2. The Morgan fingerprint density at radius 3 is 2.31 bits per heavy atom. The topological polar surface area (TPSA) is 111 Å². The van der Waals surface area contributed by atoms with Gasteiger partial charge in [0, 0.05) is 20.2 Å². The normalized spacial score (nSPS) is 25.6. The third-order valence-electron chi connectivity index (χ3n) is 10.2. The van der Waals surface area contributed by atoms with Crippen molar-refractivity contribution < 1.29 is 31.8 Å². The summed E-state index contributed by atoms with van der Waals surface area (Å²) in [5.74, 6) is 0.0597. The quantitative estimate of drug-likeness (QED) is 0.112. The summed E-state index contributed by atoms with van der Waals surface area (Å²) in [4.78, 5) is 9.72. The maximum Gasteiger partial charge on any atom is 0.301 e. The standard InChI is InChI=1S/C35H50ClN3O7SSi2/c1-35(2,3)49(7,8)46-28-21-44-31-27(20-43-32(28)31)45-34-38-33-26(39(34)22-42-16-18-48(4,5)6)19-25(36)30(37-33)24-14-12-23(13-15-24)29-11-9-10-17-47(29,40)41/h9-10,12-15,19,27-29,31-32H,11,16-18,20-22H2,1-8H3/t27-,28-,29?,31-,32-/m1/s1. The van der Waals surface area contributed by atoms with Gasteiger partial charge in [0.25, 0.3) is 0 Å². The van der Waals surface area contributed by atoms with Crippen molar-refractivity contribution in [3.63, 3.8) is 0 Å². The van der Waals surface area contributed by atoms with Crippen molar-refractivity contribution in [2.75, 3.05) is 25.6 Å².